The van der Waals surface area contributed by atoms with Crippen LogP contribution in [0.2, 0.25) is 0 Å². The van der Waals surface area contributed by atoms with E-state index in [1.807, 2.05) is 43.3 Å². The van der Waals surface area contributed by atoms with E-state index in [4.69, 9.17) is 5.73 Å². The maximum Gasteiger partial charge on any atom is 0.273 e. The average Bonchev–Trinajstić information content (AvgIpc) is 2.76. The second-order valence-corrected chi connectivity index (χ2v) is 4.07. The molecule has 0 bridgehead atoms. The Labute approximate surface area is 105 Å². The normalized spacial score (nSPS) is 10.1. The van der Waals surface area contributed by atoms with Gasteiger partial charge < -0.3 is 16.0 Å². The third kappa shape index (κ3) is 2.42. The molecule has 2 aromatic rings. The molecule has 94 valence electrons. The molecular weight excluding hydrogens is 230 g/mol. The molecule has 1 aromatic heterocycles. The van der Waals surface area contributed by atoms with Gasteiger partial charge in [-0.1, -0.05) is 12.1 Å². The Morgan fingerprint density at radius 2 is 2.11 bits per heavy atom. The third-order valence-electron chi connectivity index (χ3n) is 2.48. The molecule has 0 spiro atoms. The highest BCUT2D eigenvalue weighted by Gasteiger charge is 2.11. The van der Waals surface area contributed by atoms with Crippen molar-refractivity contribution in [3.05, 3.63) is 36.0 Å². The highest BCUT2D eigenvalue weighted by atomic mass is 16.1. The minimum Gasteiger partial charge on any atom is -0.382 e. The molecule has 0 atom stereocenters. The maximum atomic E-state index is 11.9. The summed E-state index contributed by atoms with van der Waals surface area (Å²) in [5.74, 6) is 0.0227. The van der Waals surface area contributed by atoms with E-state index < -0.39 is 0 Å². The van der Waals surface area contributed by atoms with Crippen LogP contribution in [-0.4, -0.2) is 30.2 Å². The molecule has 0 aliphatic rings. The van der Waals surface area contributed by atoms with Crippen LogP contribution < -0.4 is 16.0 Å². The van der Waals surface area contributed by atoms with Crippen molar-refractivity contribution in [2.24, 2.45) is 0 Å². The molecule has 0 radical (unpaired) electrons. The number of nitrogens with zero attached hydrogens (tertiary/aromatic N) is 2. The molecule has 1 amide bonds. The number of nitrogen functional groups attached to an aromatic ring is 1. The second-order valence-electron chi connectivity index (χ2n) is 4.07. The van der Waals surface area contributed by atoms with Crippen LogP contribution in [0.5, 0.6) is 0 Å². The number of anilines is 3. The molecule has 4 N–H and O–H groups in total. The van der Waals surface area contributed by atoms with Crippen LogP contribution in [0.3, 0.4) is 0 Å². The summed E-state index contributed by atoms with van der Waals surface area (Å²) < 4.78 is 0. The van der Waals surface area contributed by atoms with Crippen LogP contribution in [0, 0.1) is 0 Å². The molecule has 18 heavy (non-hydrogen) atoms. The van der Waals surface area contributed by atoms with Gasteiger partial charge in [-0.15, -0.1) is 0 Å². The fourth-order valence-corrected chi connectivity index (χ4v) is 1.61. The molecule has 0 unspecified atom stereocenters. The molecule has 1 heterocycles. The summed E-state index contributed by atoms with van der Waals surface area (Å²) in [6, 6.07) is 9.04. The Hall–Kier alpha value is -2.50. The van der Waals surface area contributed by atoms with Gasteiger partial charge in [0.25, 0.3) is 5.91 Å². The van der Waals surface area contributed by atoms with Gasteiger partial charge in [0.15, 0.2) is 0 Å². The minimum absolute atomic E-state index is 0.270. The van der Waals surface area contributed by atoms with Crippen molar-refractivity contribution in [3.8, 4) is 0 Å². The monoisotopic (exact) mass is 245 g/mol. The van der Waals surface area contributed by atoms with Crippen LogP contribution in [0.25, 0.3) is 0 Å². The standard InChI is InChI=1S/C12H15N5O/c1-17(2)10-6-4-3-5-8(10)14-12(18)9-7-11(13)16-15-9/h3-7H,1-2H3,(H,14,18)(H3,13,15,16). The van der Waals surface area contributed by atoms with Crippen molar-refractivity contribution >= 4 is 23.1 Å². The molecule has 0 aliphatic heterocycles. The number of nitrogens with two attached hydrogens (primary N) is 1. The van der Waals surface area contributed by atoms with Crippen molar-refractivity contribution in [1.82, 2.24) is 10.2 Å². The van der Waals surface area contributed by atoms with Crippen molar-refractivity contribution in [2.45, 2.75) is 0 Å². The minimum atomic E-state index is -0.270. The van der Waals surface area contributed by atoms with Gasteiger partial charge in [-0.05, 0) is 12.1 Å². The molecule has 1 aromatic carbocycles. The summed E-state index contributed by atoms with van der Waals surface area (Å²) in [4.78, 5) is 13.9. The predicted octanol–water partition coefficient (Wildman–Crippen LogP) is 1.31. The molecule has 0 fully saturated rings. The fraction of sp³-hybridized carbons (Fsp3) is 0.167. The Morgan fingerprint density at radius 1 is 1.39 bits per heavy atom. The number of aromatic nitrogens is 2. The summed E-state index contributed by atoms with van der Waals surface area (Å²) >= 11 is 0. The lowest BCUT2D eigenvalue weighted by molar-refractivity contribution is 0.102. The molecule has 6 nitrogen and oxygen atoms in total. The van der Waals surface area contributed by atoms with Gasteiger partial charge >= 0.3 is 0 Å². The van der Waals surface area contributed by atoms with Crippen molar-refractivity contribution < 1.29 is 4.79 Å². The number of nitrogens with one attached hydrogen (secondary N) is 2. The van der Waals surface area contributed by atoms with E-state index in [1.165, 1.54) is 6.07 Å². The van der Waals surface area contributed by atoms with E-state index in [2.05, 4.69) is 15.5 Å². The zero-order valence-corrected chi connectivity index (χ0v) is 10.3. The van der Waals surface area contributed by atoms with Gasteiger partial charge in [0, 0.05) is 20.2 Å². The summed E-state index contributed by atoms with van der Waals surface area (Å²) in [6.45, 7) is 0. The summed E-state index contributed by atoms with van der Waals surface area (Å²) in [5, 5.41) is 9.11. The van der Waals surface area contributed by atoms with E-state index >= 15 is 0 Å². The summed E-state index contributed by atoms with van der Waals surface area (Å²) in [6.07, 6.45) is 0. The first-order chi connectivity index (χ1) is 8.58. The molecule has 0 saturated heterocycles. The Kier molecular flexibility index (Phi) is 3.18. The predicted molar refractivity (Wildman–Crippen MR) is 71.7 cm³/mol. The lowest BCUT2D eigenvalue weighted by atomic mass is 10.2. The zero-order valence-electron chi connectivity index (χ0n) is 10.3. The SMILES string of the molecule is CN(C)c1ccccc1NC(=O)c1cc(N)n[nH]1. The van der Waals surface area contributed by atoms with Crippen molar-refractivity contribution in [1.29, 1.82) is 0 Å². The van der Waals surface area contributed by atoms with Gasteiger partial charge in [0.1, 0.15) is 11.5 Å². The van der Waals surface area contributed by atoms with E-state index in [-0.39, 0.29) is 5.91 Å². The number of hydrogen-bond acceptors (Lipinski definition) is 4. The topological polar surface area (TPSA) is 87.0 Å². The van der Waals surface area contributed by atoms with Gasteiger partial charge in [0.2, 0.25) is 0 Å². The Balaban J connectivity index is 2.22. The van der Waals surface area contributed by atoms with Gasteiger partial charge in [-0.3, -0.25) is 9.89 Å². The maximum absolute atomic E-state index is 11.9. The number of benzene rings is 1. The Bertz CT molecular complexity index is 561. The van der Waals surface area contributed by atoms with Crippen LogP contribution in [-0.2, 0) is 0 Å². The van der Waals surface area contributed by atoms with Gasteiger partial charge in [-0.2, -0.15) is 5.10 Å². The van der Waals surface area contributed by atoms with Gasteiger partial charge in [-0.25, -0.2) is 0 Å². The lowest BCUT2D eigenvalue weighted by Gasteiger charge is -2.17. The summed E-state index contributed by atoms with van der Waals surface area (Å²) in [5.41, 5.74) is 7.46. The van der Waals surface area contributed by atoms with Crippen LogP contribution in [0.1, 0.15) is 10.5 Å². The molecule has 0 saturated carbocycles. The molecule has 6 heteroatoms. The molecule has 0 aliphatic carbocycles. The van der Waals surface area contributed by atoms with E-state index in [0.29, 0.717) is 11.5 Å². The number of carbonyl (C=O) groups is 1. The quantitative estimate of drug-likeness (QED) is 0.761. The number of amides is 1. The zero-order chi connectivity index (χ0) is 13.1. The first-order valence-electron chi connectivity index (χ1n) is 5.46. The van der Waals surface area contributed by atoms with Crippen LogP contribution in [0.15, 0.2) is 30.3 Å². The van der Waals surface area contributed by atoms with Crippen molar-refractivity contribution in [2.75, 3.05) is 30.0 Å². The molecule has 2 rings (SSSR count). The Morgan fingerprint density at radius 3 is 2.72 bits per heavy atom. The van der Waals surface area contributed by atoms with Crippen LogP contribution in [0.4, 0.5) is 17.2 Å². The largest absolute Gasteiger partial charge is 0.382 e. The highest BCUT2D eigenvalue weighted by molar-refractivity contribution is 6.05. The smallest absolute Gasteiger partial charge is 0.273 e. The molecular formula is C12H15N5O. The van der Waals surface area contributed by atoms with E-state index in [1.54, 1.807) is 0 Å². The average molecular weight is 245 g/mol. The summed E-state index contributed by atoms with van der Waals surface area (Å²) in [7, 11) is 3.83. The van der Waals surface area contributed by atoms with Crippen LogP contribution >= 0.6 is 0 Å². The number of rotatable bonds is 3. The first-order valence-corrected chi connectivity index (χ1v) is 5.46. The fourth-order valence-electron chi connectivity index (χ4n) is 1.61. The number of para-hydroxylation sites is 2. The second kappa shape index (κ2) is 4.79. The third-order valence-corrected chi connectivity index (χ3v) is 2.48. The first kappa shape index (κ1) is 12.0. The number of carbonyl (C=O) groups excluding carboxylic acids is 1. The number of aromatic amines is 1. The van der Waals surface area contributed by atoms with E-state index in [0.717, 1.165) is 11.4 Å². The number of hydrogen-bond donors (Lipinski definition) is 3. The highest BCUT2D eigenvalue weighted by Crippen LogP contribution is 2.23. The van der Waals surface area contributed by atoms with E-state index in [9.17, 15) is 4.79 Å². The number of H-pyrrole nitrogens is 1. The lowest BCUT2D eigenvalue weighted by Crippen LogP contribution is -2.16. The van der Waals surface area contributed by atoms with Crippen molar-refractivity contribution in [3.63, 3.8) is 0 Å². The van der Waals surface area contributed by atoms with Gasteiger partial charge in [0.05, 0.1) is 11.4 Å².